The third kappa shape index (κ3) is 3.80. The molecule has 4 aromatic carbocycles. The van der Waals surface area contributed by atoms with Crippen molar-refractivity contribution >= 4 is 21.0 Å². The number of rotatable bonds is 4. The van der Waals surface area contributed by atoms with Crippen molar-refractivity contribution in [2.45, 2.75) is 26.5 Å². The molecule has 4 aromatic rings. The molecule has 0 spiro atoms. The molecule has 0 saturated heterocycles. The Labute approximate surface area is 184 Å². The van der Waals surface area contributed by atoms with E-state index in [2.05, 4.69) is 12.1 Å². The number of ether oxygens (including phenoxy) is 1. The van der Waals surface area contributed by atoms with Gasteiger partial charge in [-0.1, -0.05) is 42.0 Å². The van der Waals surface area contributed by atoms with Crippen LogP contribution in [0.5, 0.6) is 17.2 Å². The lowest BCUT2D eigenvalue weighted by Crippen LogP contribution is -2.12. The van der Waals surface area contributed by atoms with Crippen LogP contribution in [0, 0.1) is 6.92 Å². The minimum Gasteiger partial charge on any atom is -0.447 e. The smallest absolute Gasteiger partial charge is 0.339 e. The predicted molar refractivity (Wildman–Crippen MR) is 121 cm³/mol. The minimum absolute atomic E-state index is 0.135. The molecule has 31 heavy (non-hydrogen) atoms. The van der Waals surface area contributed by atoms with E-state index in [1.54, 1.807) is 36.4 Å². The number of aryl methyl sites for hydroxylation is 1. The van der Waals surface area contributed by atoms with Crippen molar-refractivity contribution < 1.29 is 17.3 Å². The molecule has 0 saturated carbocycles. The molecular weight excluding hydrogens is 428 g/mol. The van der Waals surface area contributed by atoms with Gasteiger partial charge in [0.05, 0.1) is 0 Å². The van der Waals surface area contributed by atoms with Gasteiger partial charge < -0.3 is 8.92 Å². The van der Waals surface area contributed by atoms with Crippen molar-refractivity contribution in [1.82, 2.24) is 0 Å². The van der Waals surface area contributed by atoms with Gasteiger partial charge in [0, 0.05) is 0 Å². The van der Waals surface area contributed by atoms with Crippen LogP contribution in [0.15, 0.2) is 117 Å². The van der Waals surface area contributed by atoms with E-state index in [9.17, 15) is 8.42 Å². The molecule has 0 unspecified atom stereocenters. The van der Waals surface area contributed by atoms with Crippen LogP contribution in [0.4, 0.5) is 0 Å². The lowest BCUT2D eigenvalue weighted by molar-refractivity contribution is 0.453. The van der Waals surface area contributed by atoms with Crippen LogP contribution in [0.2, 0.25) is 0 Å². The van der Waals surface area contributed by atoms with Crippen LogP contribution in [0.3, 0.4) is 0 Å². The molecule has 5 rings (SSSR count). The third-order valence-corrected chi connectivity index (χ3v) is 8.49. The molecule has 0 aliphatic carbocycles. The molecule has 154 valence electrons. The average molecular weight is 448 g/mol. The Bertz CT molecular complexity index is 1300. The maximum absolute atomic E-state index is 12.6. The van der Waals surface area contributed by atoms with Crippen molar-refractivity contribution in [3.05, 3.63) is 103 Å². The summed E-state index contributed by atoms with van der Waals surface area (Å²) in [5.41, 5.74) is 0.987. The van der Waals surface area contributed by atoms with E-state index < -0.39 is 10.1 Å². The molecule has 0 N–H and O–H groups in total. The highest BCUT2D eigenvalue weighted by Crippen LogP contribution is 2.46. The van der Waals surface area contributed by atoms with E-state index in [0.29, 0.717) is 0 Å². The van der Waals surface area contributed by atoms with E-state index in [1.807, 2.05) is 55.5 Å². The van der Waals surface area contributed by atoms with E-state index >= 15 is 0 Å². The first-order chi connectivity index (χ1) is 15.0. The number of fused-ring (bicyclic) bond motifs is 2. The highest BCUT2D eigenvalue weighted by molar-refractivity contribution is 7.97. The Hall–Kier alpha value is -3.22. The fourth-order valence-electron chi connectivity index (χ4n) is 3.41. The van der Waals surface area contributed by atoms with Gasteiger partial charge in [0.25, 0.3) is 0 Å². The standard InChI is InChI=1S/C25H19O4S2/c1-18-10-16-21(17-11-18)31(26,27)29-19-12-14-20(15-13-19)30-24-8-4-2-6-22(24)28-23-7-3-5-9-25(23)30/h2-17H,1H3/q+1. The lowest BCUT2D eigenvalue weighted by Gasteiger charge is -2.19. The zero-order valence-corrected chi connectivity index (χ0v) is 18.3. The second-order valence-corrected chi connectivity index (χ2v) is 10.6. The Morgan fingerprint density at radius 2 is 1.26 bits per heavy atom. The summed E-state index contributed by atoms with van der Waals surface area (Å²) in [6, 6.07) is 29.8. The van der Waals surface area contributed by atoms with Gasteiger partial charge in [0.2, 0.25) is 9.79 Å². The molecule has 6 heteroatoms. The van der Waals surface area contributed by atoms with Crippen LogP contribution >= 0.6 is 0 Å². The van der Waals surface area contributed by atoms with Crippen molar-refractivity contribution in [2.24, 2.45) is 0 Å². The van der Waals surface area contributed by atoms with Gasteiger partial charge in [0.1, 0.15) is 21.5 Å². The van der Waals surface area contributed by atoms with Gasteiger partial charge in [0.15, 0.2) is 16.4 Å². The molecule has 0 aromatic heterocycles. The average Bonchev–Trinajstić information content (AvgIpc) is 2.78. The van der Waals surface area contributed by atoms with Gasteiger partial charge in [-0.3, -0.25) is 0 Å². The molecule has 1 aliphatic heterocycles. The van der Waals surface area contributed by atoms with E-state index in [0.717, 1.165) is 31.7 Å². The molecular formula is C25H19O4S2+. The van der Waals surface area contributed by atoms with E-state index in [4.69, 9.17) is 8.92 Å². The normalized spacial score (nSPS) is 13.1. The van der Waals surface area contributed by atoms with Crippen LogP contribution < -0.4 is 8.92 Å². The molecule has 0 amide bonds. The highest BCUT2D eigenvalue weighted by Gasteiger charge is 2.38. The molecule has 0 bridgehead atoms. The van der Waals surface area contributed by atoms with Crippen LogP contribution in [-0.2, 0) is 21.0 Å². The maximum Gasteiger partial charge on any atom is 0.339 e. The Balaban J connectivity index is 1.48. The first kappa shape index (κ1) is 19.7. The lowest BCUT2D eigenvalue weighted by atomic mass is 10.2. The Morgan fingerprint density at radius 1 is 0.710 bits per heavy atom. The first-order valence-electron chi connectivity index (χ1n) is 9.73. The third-order valence-electron chi connectivity index (χ3n) is 4.93. The van der Waals surface area contributed by atoms with E-state index in [1.165, 1.54) is 0 Å². The Kier molecular flexibility index (Phi) is 4.96. The maximum atomic E-state index is 12.6. The van der Waals surface area contributed by atoms with Crippen LogP contribution in [0.25, 0.3) is 0 Å². The summed E-state index contributed by atoms with van der Waals surface area (Å²) in [6.07, 6.45) is 0. The fourth-order valence-corrected chi connectivity index (χ4v) is 6.54. The van der Waals surface area contributed by atoms with Crippen molar-refractivity contribution in [1.29, 1.82) is 0 Å². The second-order valence-electron chi connectivity index (χ2n) is 7.12. The quantitative estimate of drug-likeness (QED) is 0.252. The summed E-state index contributed by atoms with van der Waals surface area (Å²) in [5, 5.41) is 0. The van der Waals surface area contributed by atoms with Gasteiger partial charge in [-0.2, -0.15) is 8.42 Å². The van der Waals surface area contributed by atoms with Crippen LogP contribution in [0.1, 0.15) is 5.56 Å². The van der Waals surface area contributed by atoms with E-state index in [-0.39, 0.29) is 21.5 Å². The predicted octanol–water partition coefficient (Wildman–Crippen LogP) is 5.96. The van der Waals surface area contributed by atoms with Crippen molar-refractivity contribution in [2.75, 3.05) is 0 Å². The summed E-state index contributed by atoms with van der Waals surface area (Å²) in [4.78, 5) is 3.39. The number of hydrogen-bond acceptors (Lipinski definition) is 4. The largest absolute Gasteiger partial charge is 0.447 e. The van der Waals surface area contributed by atoms with Gasteiger partial charge in [-0.05, 0) is 67.6 Å². The monoisotopic (exact) mass is 447 g/mol. The first-order valence-corrected chi connectivity index (χ1v) is 12.4. The summed E-state index contributed by atoms with van der Waals surface area (Å²) < 4.78 is 36.6. The molecule has 0 fully saturated rings. The number of para-hydroxylation sites is 2. The molecule has 0 atom stereocenters. The summed E-state index contributed by atoms with van der Waals surface area (Å²) in [6.45, 7) is 1.91. The summed E-state index contributed by atoms with van der Waals surface area (Å²) in [5.74, 6) is 1.96. The fraction of sp³-hybridized carbons (Fsp3) is 0.0400. The number of hydrogen-bond donors (Lipinski definition) is 0. The zero-order chi connectivity index (χ0) is 21.4. The second kappa shape index (κ2) is 7.80. The van der Waals surface area contributed by atoms with Gasteiger partial charge in [-0.25, -0.2) is 0 Å². The molecule has 1 aliphatic rings. The minimum atomic E-state index is -3.88. The van der Waals surface area contributed by atoms with Crippen LogP contribution in [-0.4, -0.2) is 8.42 Å². The topological polar surface area (TPSA) is 52.6 Å². The van der Waals surface area contributed by atoms with Gasteiger partial charge in [-0.15, -0.1) is 0 Å². The molecule has 1 heterocycles. The number of benzene rings is 4. The van der Waals surface area contributed by atoms with Crippen molar-refractivity contribution in [3.63, 3.8) is 0 Å². The SMILES string of the molecule is Cc1ccc(S(=O)(=O)Oc2ccc([S+]3c4ccccc4Oc4ccccc43)cc2)cc1. The summed E-state index contributed by atoms with van der Waals surface area (Å²) >= 11 is 0. The molecule has 0 radical (unpaired) electrons. The zero-order valence-electron chi connectivity index (χ0n) is 16.7. The summed E-state index contributed by atoms with van der Waals surface area (Å²) in [7, 11) is -4.24. The Morgan fingerprint density at radius 3 is 1.84 bits per heavy atom. The van der Waals surface area contributed by atoms with Gasteiger partial charge >= 0.3 is 10.1 Å². The molecule has 4 nitrogen and oxygen atoms in total. The van der Waals surface area contributed by atoms with Crippen molar-refractivity contribution in [3.8, 4) is 17.2 Å². The highest BCUT2D eigenvalue weighted by atomic mass is 32.2.